The van der Waals surface area contributed by atoms with Crippen LogP contribution in [0.1, 0.15) is 28.7 Å². The molecule has 116 valence electrons. The monoisotopic (exact) mass is 324 g/mol. The number of halogens is 1. The Morgan fingerprint density at radius 3 is 2.57 bits per heavy atom. The summed E-state index contributed by atoms with van der Waals surface area (Å²) < 4.78 is 0. The normalized spacial score (nSPS) is 16.2. The summed E-state index contributed by atoms with van der Waals surface area (Å²) in [6.45, 7) is 4.12. The smallest absolute Gasteiger partial charge is 0.267 e. The fourth-order valence-electron chi connectivity index (χ4n) is 2.66. The minimum Gasteiger partial charge on any atom is -0.268 e. The Kier molecular flexibility index (Phi) is 4.30. The lowest BCUT2D eigenvalue weighted by Gasteiger charge is -2.17. The van der Waals surface area contributed by atoms with Crippen LogP contribution in [0, 0.1) is 13.8 Å². The summed E-state index contributed by atoms with van der Waals surface area (Å²) in [6, 6.07) is 13.7. The van der Waals surface area contributed by atoms with Gasteiger partial charge in [-0.1, -0.05) is 47.5 Å². The van der Waals surface area contributed by atoms with Crippen molar-refractivity contribution in [2.24, 2.45) is 5.10 Å². The summed E-state index contributed by atoms with van der Waals surface area (Å²) in [6.07, 6.45) is 2.39. The van der Waals surface area contributed by atoms with Gasteiger partial charge in [0.1, 0.15) is 0 Å². The molecule has 1 heterocycles. The molecule has 23 heavy (non-hydrogen) atoms. The van der Waals surface area contributed by atoms with Crippen LogP contribution in [-0.2, 0) is 4.79 Å². The molecule has 0 radical (unpaired) electrons. The number of benzene rings is 2. The Bertz CT molecular complexity index is 820. The molecule has 1 amide bonds. The molecule has 1 N–H and O–H groups in total. The zero-order chi connectivity index (χ0) is 16.4. The van der Waals surface area contributed by atoms with Crippen LogP contribution in [0.2, 0.25) is 5.02 Å². The van der Waals surface area contributed by atoms with Gasteiger partial charge >= 0.3 is 0 Å². The van der Waals surface area contributed by atoms with Crippen LogP contribution in [0.3, 0.4) is 0 Å². The van der Waals surface area contributed by atoms with Crippen LogP contribution >= 0.6 is 11.6 Å². The molecular weight excluding hydrogens is 308 g/mol. The quantitative estimate of drug-likeness (QED) is 0.824. The molecule has 3 rings (SSSR count). The van der Waals surface area contributed by atoms with Crippen molar-refractivity contribution < 1.29 is 4.79 Å². The van der Waals surface area contributed by atoms with E-state index in [1.807, 2.05) is 30.3 Å². The average Bonchev–Trinajstić information content (AvgIpc) is 2.52. The first-order valence-corrected chi connectivity index (χ1v) is 7.81. The van der Waals surface area contributed by atoms with E-state index in [0.717, 1.165) is 22.4 Å². The van der Waals surface area contributed by atoms with Gasteiger partial charge < -0.3 is 0 Å². The summed E-state index contributed by atoms with van der Waals surface area (Å²) >= 11 is 5.90. The summed E-state index contributed by atoms with van der Waals surface area (Å²) in [4.78, 5) is 12.1. The van der Waals surface area contributed by atoms with E-state index >= 15 is 0 Å². The maximum Gasteiger partial charge on any atom is 0.267 e. The van der Waals surface area contributed by atoms with Gasteiger partial charge in [0.25, 0.3) is 5.91 Å². The van der Waals surface area contributed by atoms with Crippen molar-refractivity contribution >= 4 is 29.3 Å². The number of nitrogens with zero attached hydrogens (tertiary/aromatic N) is 1. The Morgan fingerprint density at radius 1 is 1.13 bits per heavy atom. The number of carbonyl (C=O) groups is 1. The van der Waals surface area contributed by atoms with E-state index in [9.17, 15) is 4.79 Å². The van der Waals surface area contributed by atoms with E-state index in [1.165, 1.54) is 5.56 Å². The van der Waals surface area contributed by atoms with Crippen LogP contribution in [0.25, 0.3) is 6.08 Å². The van der Waals surface area contributed by atoms with Crippen LogP contribution in [0.5, 0.6) is 0 Å². The first-order chi connectivity index (χ1) is 11.0. The molecule has 0 aromatic heterocycles. The molecule has 0 saturated carbocycles. The molecule has 0 bridgehead atoms. The molecule has 2 aromatic rings. The SMILES string of the molecule is Cc1ccc(C2=NNC(=O)C(=Cc3ccc(Cl)cc3)C2)c(C)c1. The van der Waals surface area contributed by atoms with Crippen molar-refractivity contribution in [3.05, 3.63) is 75.3 Å². The van der Waals surface area contributed by atoms with Gasteiger partial charge in [-0.3, -0.25) is 4.79 Å². The number of carbonyl (C=O) groups excluding carboxylic acids is 1. The Morgan fingerprint density at radius 2 is 1.87 bits per heavy atom. The predicted molar refractivity (Wildman–Crippen MR) is 94.6 cm³/mol. The molecule has 1 aliphatic heterocycles. The zero-order valence-corrected chi connectivity index (χ0v) is 13.8. The van der Waals surface area contributed by atoms with Gasteiger partial charge in [-0.25, -0.2) is 5.43 Å². The molecule has 0 aliphatic carbocycles. The fraction of sp³-hybridized carbons (Fsp3) is 0.158. The molecule has 0 fully saturated rings. The molecule has 0 saturated heterocycles. The van der Waals surface area contributed by atoms with E-state index in [0.29, 0.717) is 17.0 Å². The highest BCUT2D eigenvalue weighted by Crippen LogP contribution is 2.21. The largest absolute Gasteiger partial charge is 0.268 e. The lowest BCUT2D eigenvalue weighted by atomic mass is 9.95. The maximum atomic E-state index is 12.1. The van der Waals surface area contributed by atoms with Gasteiger partial charge in [-0.2, -0.15) is 5.10 Å². The second kappa shape index (κ2) is 6.39. The van der Waals surface area contributed by atoms with E-state index in [2.05, 4.69) is 42.6 Å². The highest BCUT2D eigenvalue weighted by Gasteiger charge is 2.20. The highest BCUT2D eigenvalue weighted by molar-refractivity contribution is 6.30. The minimum atomic E-state index is -0.159. The standard InChI is InChI=1S/C19H17ClN2O/c1-12-3-8-17(13(2)9-12)18-11-15(19(23)22-21-18)10-14-4-6-16(20)7-5-14/h3-10H,11H2,1-2H3,(H,22,23). The third-order valence-corrected chi connectivity index (χ3v) is 4.10. The zero-order valence-electron chi connectivity index (χ0n) is 13.1. The number of amides is 1. The van der Waals surface area contributed by atoms with Crippen molar-refractivity contribution in [3.63, 3.8) is 0 Å². The van der Waals surface area contributed by atoms with Gasteiger partial charge in [0.05, 0.1) is 5.71 Å². The predicted octanol–water partition coefficient (Wildman–Crippen LogP) is 4.26. The van der Waals surface area contributed by atoms with Gasteiger partial charge in [0.15, 0.2) is 0 Å². The summed E-state index contributed by atoms with van der Waals surface area (Å²) in [5, 5.41) is 4.91. The second-order valence-electron chi connectivity index (χ2n) is 5.72. The molecule has 0 spiro atoms. The molecule has 4 heteroatoms. The van der Waals surface area contributed by atoms with E-state index < -0.39 is 0 Å². The first-order valence-electron chi connectivity index (χ1n) is 7.43. The third kappa shape index (κ3) is 3.51. The molecule has 0 atom stereocenters. The van der Waals surface area contributed by atoms with Crippen molar-refractivity contribution in [3.8, 4) is 0 Å². The van der Waals surface area contributed by atoms with Gasteiger partial charge in [0, 0.05) is 22.6 Å². The number of nitrogens with one attached hydrogen (secondary N) is 1. The number of aryl methyl sites for hydroxylation is 2. The number of hydrogen-bond donors (Lipinski definition) is 1. The van der Waals surface area contributed by atoms with Crippen LogP contribution in [0.4, 0.5) is 0 Å². The molecule has 2 aromatic carbocycles. The summed E-state index contributed by atoms with van der Waals surface area (Å²) in [5.41, 5.74) is 8.56. The number of hydrogen-bond acceptors (Lipinski definition) is 2. The summed E-state index contributed by atoms with van der Waals surface area (Å²) in [7, 11) is 0. The van der Waals surface area contributed by atoms with Crippen molar-refractivity contribution in [2.75, 3.05) is 0 Å². The van der Waals surface area contributed by atoms with Crippen LogP contribution < -0.4 is 5.43 Å². The van der Waals surface area contributed by atoms with Gasteiger partial charge in [0.2, 0.25) is 0 Å². The lowest BCUT2D eigenvalue weighted by Crippen LogP contribution is -2.28. The second-order valence-corrected chi connectivity index (χ2v) is 6.15. The first kappa shape index (κ1) is 15.5. The molecule has 0 unspecified atom stereocenters. The fourth-order valence-corrected chi connectivity index (χ4v) is 2.79. The van der Waals surface area contributed by atoms with Gasteiger partial charge in [-0.15, -0.1) is 0 Å². The highest BCUT2D eigenvalue weighted by atomic mass is 35.5. The van der Waals surface area contributed by atoms with E-state index in [1.54, 1.807) is 0 Å². The minimum absolute atomic E-state index is 0.159. The van der Waals surface area contributed by atoms with E-state index in [4.69, 9.17) is 11.6 Å². The van der Waals surface area contributed by atoms with Crippen LogP contribution in [-0.4, -0.2) is 11.6 Å². The Labute approximate surface area is 140 Å². The maximum absolute atomic E-state index is 12.1. The van der Waals surface area contributed by atoms with Crippen LogP contribution in [0.15, 0.2) is 53.1 Å². The van der Waals surface area contributed by atoms with Crippen molar-refractivity contribution in [1.29, 1.82) is 0 Å². The van der Waals surface area contributed by atoms with Gasteiger partial charge in [-0.05, 0) is 43.2 Å². The third-order valence-electron chi connectivity index (χ3n) is 3.85. The topological polar surface area (TPSA) is 41.5 Å². The lowest BCUT2D eigenvalue weighted by molar-refractivity contribution is -0.117. The van der Waals surface area contributed by atoms with E-state index in [-0.39, 0.29) is 5.91 Å². The molecule has 3 nitrogen and oxygen atoms in total. The molecule has 1 aliphatic rings. The van der Waals surface area contributed by atoms with Crippen molar-refractivity contribution in [1.82, 2.24) is 5.43 Å². The number of rotatable bonds is 2. The van der Waals surface area contributed by atoms with Crippen molar-refractivity contribution in [2.45, 2.75) is 20.3 Å². The molecular formula is C19H17ClN2O. The summed E-state index contributed by atoms with van der Waals surface area (Å²) in [5.74, 6) is -0.159. The Balaban J connectivity index is 1.91. The number of hydrazone groups is 1. The average molecular weight is 325 g/mol. The Hall–Kier alpha value is -2.39.